The predicted molar refractivity (Wildman–Crippen MR) is 67.3 cm³/mol. The molecule has 1 aromatic heterocycles. The first-order valence-corrected chi connectivity index (χ1v) is 6.45. The summed E-state index contributed by atoms with van der Waals surface area (Å²) in [5.41, 5.74) is 7.57. The van der Waals surface area contributed by atoms with E-state index in [2.05, 4.69) is 10.3 Å². The van der Waals surface area contributed by atoms with Crippen LogP contribution in [-0.2, 0) is 0 Å². The number of aromatic nitrogens is 1. The molecule has 3 nitrogen and oxygen atoms in total. The molecule has 1 atom stereocenters. The molecular formula is C11H17N3S. The van der Waals surface area contributed by atoms with Crippen LogP contribution in [0.4, 0.5) is 11.5 Å². The van der Waals surface area contributed by atoms with Crippen LogP contribution >= 0.6 is 11.8 Å². The Morgan fingerprint density at radius 2 is 2.53 bits per heavy atom. The van der Waals surface area contributed by atoms with Crippen molar-refractivity contribution in [3.8, 4) is 0 Å². The summed E-state index contributed by atoms with van der Waals surface area (Å²) in [7, 11) is 0. The molecule has 0 saturated carbocycles. The number of hydrogen-bond donors (Lipinski definition) is 2. The van der Waals surface area contributed by atoms with Crippen LogP contribution in [0.15, 0.2) is 12.3 Å². The van der Waals surface area contributed by atoms with Crippen LogP contribution < -0.4 is 11.1 Å². The van der Waals surface area contributed by atoms with E-state index in [1.54, 1.807) is 6.20 Å². The SMILES string of the molecule is Cc1cc(NCC2CCSC2)ncc1N. The van der Waals surface area contributed by atoms with Crippen molar-refractivity contribution in [3.05, 3.63) is 17.8 Å². The van der Waals surface area contributed by atoms with Crippen LogP contribution in [0, 0.1) is 12.8 Å². The van der Waals surface area contributed by atoms with Crippen molar-refractivity contribution < 1.29 is 0 Å². The van der Waals surface area contributed by atoms with Crippen molar-refractivity contribution in [1.29, 1.82) is 0 Å². The lowest BCUT2D eigenvalue weighted by Crippen LogP contribution is -2.14. The average molecular weight is 223 g/mol. The van der Waals surface area contributed by atoms with Crippen molar-refractivity contribution in [2.24, 2.45) is 5.92 Å². The summed E-state index contributed by atoms with van der Waals surface area (Å²) >= 11 is 2.04. The lowest BCUT2D eigenvalue weighted by molar-refractivity contribution is 0.630. The van der Waals surface area contributed by atoms with Crippen molar-refractivity contribution >= 4 is 23.3 Å². The third-order valence-electron chi connectivity index (χ3n) is 2.75. The minimum atomic E-state index is 0.761. The average Bonchev–Trinajstić information content (AvgIpc) is 2.73. The van der Waals surface area contributed by atoms with Gasteiger partial charge in [-0.25, -0.2) is 4.98 Å². The van der Waals surface area contributed by atoms with Crippen molar-refractivity contribution in [2.75, 3.05) is 29.1 Å². The standard InChI is InChI=1S/C11H17N3S/c1-8-4-11(14-6-10(8)12)13-5-9-2-3-15-7-9/h4,6,9H,2-3,5,7,12H2,1H3,(H,13,14). The van der Waals surface area contributed by atoms with E-state index in [0.717, 1.165) is 29.5 Å². The van der Waals surface area contributed by atoms with Crippen LogP contribution in [0.3, 0.4) is 0 Å². The van der Waals surface area contributed by atoms with Crippen molar-refractivity contribution in [3.63, 3.8) is 0 Å². The molecule has 1 aliphatic heterocycles. The maximum atomic E-state index is 5.71. The van der Waals surface area contributed by atoms with Crippen LogP contribution in [0.2, 0.25) is 0 Å². The highest BCUT2D eigenvalue weighted by molar-refractivity contribution is 7.99. The minimum absolute atomic E-state index is 0.761. The van der Waals surface area contributed by atoms with Gasteiger partial charge in [-0.2, -0.15) is 11.8 Å². The Bertz CT molecular complexity index is 335. The van der Waals surface area contributed by atoms with Crippen molar-refractivity contribution in [2.45, 2.75) is 13.3 Å². The molecule has 0 amide bonds. The largest absolute Gasteiger partial charge is 0.397 e. The molecule has 82 valence electrons. The van der Waals surface area contributed by atoms with Gasteiger partial charge in [-0.05, 0) is 42.4 Å². The zero-order chi connectivity index (χ0) is 10.7. The highest BCUT2D eigenvalue weighted by Crippen LogP contribution is 2.23. The van der Waals surface area contributed by atoms with Gasteiger partial charge in [0.25, 0.3) is 0 Å². The second-order valence-corrected chi connectivity index (χ2v) is 5.19. The molecule has 1 aliphatic rings. The van der Waals surface area contributed by atoms with Gasteiger partial charge in [0.2, 0.25) is 0 Å². The van der Waals surface area contributed by atoms with E-state index < -0.39 is 0 Å². The van der Waals surface area contributed by atoms with Gasteiger partial charge < -0.3 is 11.1 Å². The summed E-state index contributed by atoms with van der Waals surface area (Å²) in [4.78, 5) is 4.26. The number of nitrogens with one attached hydrogen (secondary N) is 1. The van der Waals surface area contributed by atoms with E-state index in [-0.39, 0.29) is 0 Å². The molecule has 4 heteroatoms. The molecule has 0 spiro atoms. The molecular weight excluding hydrogens is 206 g/mol. The fourth-order valence-corrected chi connectivity index (χ4v) is 2.94. The Kier molecular flexibility index (Phi) is 3.36. The summed E-state index contributed by atoms with van der Waals surface area (Å²) in [6.07, 6.45) is 3.05. The topological polar surface area (TPSA) is 50.9 Å². The summed E-state index contributed by atoms with van der Waals surface area (Å²) in [6.45, 7) is 3.04. The van der Waals surface area contributed by atoms with Crippen LogP contribution in [0.25, 0.3) is 0 Å². The van der Waals surface area contributed by atoms with E-state index in [1.807, 2.05) is 24.8 Å². The maximum Gasteiger partial charge on any atom is 0.126 e. The van der Waals surface area contributed by atoms with Crippen LogP contribution in [0.5, 0.6) is 0 Å². The number of rotatable bonds is 3. The van der Waals surface area contributed by atoms with Gasteiger partial charge in [0.15, 0.2) is 0 Å². The fourth-order valence-electron chi connectivity index (χ4n) is 1.66. The van der Waals surface area contributed by atoms with Gasteiger partial charge in [0.1, 0.15) is 5.82 Å². The molecule has 15 heavy (non-hydrogen) atoms. The molecule has 1 aromatic rings. The Balaban J connectivity index is 1.90. The van der Waals surface area contributed by atoms with E-state index in [4.69, 9.17) is 5.73 Å². The predicted octanol–water partition coefficient (Wildman–Crippen LogP) is 2.14. The highest BCUT2D eigenvalue weighted by Gasteiger charge is 2.14. The number of nitrogens with zero attached hydrogens (tertiary/aromatic N) is 1. The normalized spacial score (nSPS) is 20.5. The molecule has 3 N–H and O–H groups in total. The van der Waals surface area contributed by atoms with Gasteiger partial charge in [0.05, 0.1) is 11.9 Å². The number of nitrogens with two attached hydrogens (primary N) is 1. The fraction of sp³-hybridized carbons (Fsp3) is 0.545. The summed E-state index contributed by atoms with van der Waals surface area (Å²) in [5, 5.41) is 3.37. The molecule has 0 aromatic carbocycles. The Morgan fingerprint density at radius 3 is 3.20 bits per heavy atom. The third-order valence-corrected chi connectivity index (χ3v) is 3.98. The van der Waals surface area contributed by atoms with Gasteiger partial charge in [-0.3, -0.25) is 0 Å². The van der Waals surface area contributed by atoms with E-state index >= 15 is 0 Å². The van der Waals surface area contributed by atoms with Crippen LogP contribution in [-0.4, -0.2) is 23.0 Å². The number of thioether (sulfide) groups is 1. The maximum absolute atomic E-state index is 5.71. The molecule has 0 aliphatic carbocycles. The first-order valence-electron chi connectivity index (χ1n) is 5.29. The second kappa shape index (κ2) is 4.75. The van der Waals surface area contributed by atoms with Crippen molar-refractivity contribution in [1.82, 2.24) is 4.98 Å². The molecule has 1 saturated heterocycles. The smallest absolute Gasteiger partial charge is 0.126 e. The number of anilines is 2. The van der Waals surface area contributed by atoms with E-state index in [0.29, 0.717) is 0 Å². The molecule has 1 unspecified atom stereocenters. The number of pyridine rings is 1. The molecule has 2 heterocycles. The molecule has 0 bridgehead atoms. The van der Waals surface area contributed by atoms with Crippen LogP contribution in [0.1, 0.15) is 12.0 Å². The first-order chi connectivity index (χ1) is 7.25. The zero-order valence-electron chi connectivity index (χ0n) is 8.99. The quantitative estimate of drug-likeness (QED) is 0.824. The summed E-state index contributed by atoms with van der Waals surface area (Å²) < 4.78 is 0. The highest BCUT2D eigenvalue weighted by atomic mass is 32.2. The van der Waals surface area contributed by atoms with Gasteiger partial charge >= 0.3 is 0 Å². The Labute approximate surface area is 94.8 Å². The summed E-state index contributed by atoms with van der Waals surface area (Å²) in [6, 6.07) is 2.01. The van der Waals surface area contributed by atoms with Gasteiger partial charge in [-0.15, -0.1) is 0 Å². The lowest BCUT2D eigenvalue weighted by Gasteiger charge is -2.11. The van der Waals surface area contributed by atoms with E-state index in [1.165, 1.54) is 17.9 Å². The summed E-state index contributed by atoms with van der Waals surface area (Å²) in [5.74, 6) is 4.33. The molecule has 1 fully saturated rings. The van der Waals surface area contributed by atoms with Gasteiger partial charge in [0, 0.05) is 6.54 Å². The number of hydrogen-bond acceptors (Lipinski definition) is 4. The Hall–Kier alpha value is -0.900. The van der Waals surface area contributed by atoms with E-state index in [9.17, 15) is 0 Å². The molecule has 2 rings (SSSR count). The minimum Gasteiger partial charge on any atom is -0.397 e. The Morgan fingerprint density at radius 1 is 1.67 bits per heavy atom. The third kappa shape index (κ3) is 2.78. The number of aryl methyl sites for hydroxylation is 1. The monoisotopic (exact) mass is 223 g/mol. The first kappa shape index (κ1) is 10.6. The molecule has 0 radical (unpaired) electrons. The number of nitrogen functional groups attached to an aromatic ring is 1. The lowest BCUT2D eigenvalue weighted by atomic mass is 10.1. The zero-order valence-corrected chi connectivity index (χ0v) is 9.81. The van der Waals surface area contributed by atoms with Gasteiger partial charge in [-0.1, -0.05) is 0 Å². The second-order valence-electron chi connectivity index (χ2n) is 4.04.